The summed E-state index contributed by atoms with van der Waals surface area (Å²) in [7, 11) is 0. The van der Waals surface area contributed by atoms with E-state index >= 15 is 0 Å². The van der Waals surface area contributed by atoms with Gasteiger partial charge < -0.3 is 0 Å². The molecule has 2 rings (SSSR count). The van der Waals surface area contributed by atoms with Crippen LogP contribution in [0.5, 0.6) is 0 Å². The number of hydrogen-bond donors (Lipinski definition) is 0. The Morgan fingerprint density at radius 2 is 2.00 bits per heavy atom. The number of allylic oxidation sites excluding steroid dienone is 1. The molecule has 0 N–H and O–H groups in total. The Hall–Kier alpha value is -0.460. The molecule has 1 fully saturated rings. The van der Waals surface area contributed by atoms with Crippen LogP contribution in [0.3, 0.4) is 0 Å². The Morgan fingerprint density at radius 3 is 2.61 bits per heavy atom. The average molecular weight is 283 g/mol. The summed E-state index contributed by atoms with van der Waals surface area (Å²) < 4.78 is 0. The smallest absolute Gasteiger partial charge is 0.0441 e. The molecule has 0 unspecified atom stereocenters. The highest BCUT2D eigenvalue weighted by Gasteiger charge is 2.17. The van der Waals surface area contributed by atoms with E-state index < -0.39 is 0 Å². The summed E-state index contributed by atoms with van der Waals surface area (Å²) in [5.74, 6) is 1.31. The van der Waals surface area contributed by atoms with Crippen LogP contribution in [-0.2, 0) is 0 Å². The summed E-state index contributed by atoms with van der Waals surface area (Å²) in [6.07, 6.45) is 8.87. The topological polar surface area (TPSA) is 0 Å². The normalized spacial score (nSPS) is 18.1. The van der Waals surface area contributed by atoms with Crippen LogP contribution < -0.4 is 0 Å². The lowest BCUT2D eigenvalue weighted by molar-refractivity contribution is 0.405. The summed E-state index contributed by atoms with van der Waals surface area (Å²) in [6, 6.07) is 6.23. The minimum atomic E-state index is 0.635. The molecule has 0 spiro atoms. The third-order valence-corrected chi connectivity index (χ3v) is 4.55. The molecule has 1 aromatic carbocycles. The van der Waals surface area contributed by atoms with Gasteiger partial charge in [-0.1, -0.05) is 54.6 Å². The zero-order chi connectivity index (χ0) is 13.0. The maximum atomic E-state index is 6.16. The third kappa shape index (κ3) is 3.52. The quantitative estimate of drug-likeness (QED) is 0.610. The zero-order valence-electron chi connectivity index (χ0n) is 10.9. The summed E-state index contributed by atoms with van der Waals surface area (Å²) in [6.45, 7) is 2.03. The lowest BCUT2D eigenvalue weighted by atomic mass is 9.83. The van der Waals surface area contributed by atoms with Crippen LogP contribution in [0, 0.1) is 12.8 Å². The van der Waals surface area contributed by atoms with Crippen molar-refractivity contribution >= 4 is 29.3 Å². The standard InChI is InChI=1S/C16H20Cl2/c1-12-7-8-13(10-16(12)18)9-15(11-17)14-5-3-2-4-6-14/h7-10,14H,2-6,11H2,1H3/b15-9-. The number of halogens is 2. The molecule has 1 saturated carbocycles. The van der Waals surface area contributed by atoms with E-state index in [1.54, 1.807) is 0 Å². The maximum absolute atomic E-state index is 6.16. The van der Waals surface area contributed by atoms with Gasteiger partial charge in [0, 0.05) is 10.9 Å². The lowest BCUT2D eigenvalue weighted by Gasteiger charge is -2.23. The van der Waals surface area contributed by atoms with Gasteiger partial charge in [0.2, 0.25) is 0 Å². The van der Waals surface area contributed by atoms with Crippen molar-refractivity contribution in [3.05, 3.63) is 39.9 Å². The van der Waals surface area contributed by atoms with Gasteiger partial charge in [0.05, 0.1) is 0 Å². The van der Waals surface area contributed by atoms with Crippen LogP contribution in [-0.4, -0.2) is 5.88 Å². The molecule has 18 heavy (non-hydrogen) atoms. The van der Waals surface area contributed by atoms with Crippen LogP contribution in [0.15, 0.2) is 23.8 Å². The fourth-order valence-corrected chi connectivity index (χ4v) is 3.14. The van der Waals surface area contributed by atoms with Gasteiger partial charge in [-0.25, -0.2) is 0 Å². The molecule has 0 heterocycles. The van der Waals surface area contributed by atoms with Crippen molar-refractivity contribution in [1.82, 2.24) is 0 Å². The van der Waals surface area contributed by atoms with Crippen molar-refractivity contribution in [3.8, 4) is 0 Å². The molecule has 2 heteroatoms. The second kappa shape index (κ2) is 6.63. The van der Waals surface area contributed by atoms with E-state index in [-0.39, 0.29) is 0 Å². The van der Waals surface area contributed by atoms with Gasteiger partial charge in [0.15, 0.2) is 0 Å². The monoisotopic (exact) mass is 282 g/mol. The summed E-state index contributed by atoms with van der Waals surface area (Å²) >= 11 is 12.3. The minimum absolute atomic E-state index is 0.635. The fraction of sp³-hybridized carbons (Fsp3) is 0.500. The molecule has 0 nitrogen and oxygen atoms in total. The highest BCUT2D eigenvalue weighted by molar-refractivity contribution is 6.31. The van der Waals surface area contributed by atoms with Crippen LogP contribution in [0.2, 0.25) is 5.02 Å². The van der Waals surface area contributed by atoms with Crippen LogP contribution in [0.1, 0.15) is 43.2 Å². The molecule has 0 atom stereocenters. The molecule has 0 radical (unpaired) electrons. The first kappa shape index (κ1) is 14.0. The largest absolute Gasteiger partial charge is 0.122 e. The van der Waals surface area contributed by atoms with E-state index in [0.717, 1.165) is 10.6 Å². The lowest BCUT2D eigenvalue weighted by Crippen LogP contribution is -2.10. The van der Waals surface area contributed by atoms with Gasteiger partial charge in [-0.15, -0.1) is 11.6 Å². The second-order valence-corrected chi connectivity index (χ2v) is 5.87. The molecule has 98 valence electrons. The van der Waals surface area contributed by atoms with Crippen molar-refractivity contribution in [2.24, 2.45) is 5.92 Å². The van der Waals surface area contributed by atoms with Gasteiger partial charge in [-0.05, 0) is 42.9 Å². The summed E-state index contributed by atoms with van der Waals surface area (Å²) in [4.78, 5) is 0. The molecular weight excluding hydrogens is 263 g/mol. The Labute approximate surface area is 120 Å². The molecular formula is C16H20Cl2. The maximum Gasteiger partial charge on any atom is 0.0441 e. The van der Waals surface area contributed by atoms with E-state index in [1.807, 2.05) is 13.0 Å². The number of aryl methyl sites for hydroxylation is 1. The highest BCUT2D eigenvalue weighted by atomic mass is 35.5. The number of alkyl halides is 1. The first-order chi connectivity index (χ1) is 8.70. The minimum Gasteiger partial charge on any atom is -0.122 e. The summed E-state index contributed by atoms with van der Waals surface area (Å²) in [5.41, 5.74) is 3.67. The van der Waals surface area contributed by atoms with Gasteiger partial charge in [0.25, 0.3) is 0 Å². The first-order valence-electron chi connectivity index (χ1n) is 6.73. The molecule has 0 aliphatic heterocycles. The van der Waals surface area contributed by atoms with Crippen LogP contribution in [0.4, 0.5) is 0 Å². The van der Waals surface area contributed by atoms with E-state index in [0.29, 0.717) is 11.8 Å². The van der Waals surface area contributed by atoms with E-state index in [9.17, 15) is 0 Å². The molecule has 0 bridgehead atoms. The Morgan fingerprint density at radius 1 is 1.28 bits per heavy atom. The highest BCUT2D eigenvalue weighted by Crippen LogP contribution is 2.31. The number of hydrogen-bond acceptors (Lipinski definition) is 0. The molecule has 1 aliphatic carbocycles. The Kier molecular flexibility index (Phi) is 5.14. The molecule has 0 saturated heterocycles. The van der Waals surface area contributed by atoms with E-state index in [2.05, 4.69) is 18.2 Å². The van der Waals surface area contributed by atoms with Crippen molar-refractivity contribution < 1.29 is 0 Å². The second-order valence-electron chi connectivity index (χ2n) is 5.20. The molecule has 1 aromatic rings. The summed E-state index contributed by atoms with van der Waals surface area (Å²) in [5, 5.41) is 0.835. The molecule has 0 aromatic heterocycles. The van der Waals surface area contributed by atoms with Gasteiger partial charge in [-0.3, -0.25) is 0 Å². The van der Waals surface area contributed by atoms with Crippen molar-refractivity contribution in [3.63, 3.8) is 0 Å². The predicted molar refractivity (Wildman–Crippen MR) is 81.5 cm³/mol. The van der Waals surface area contributed by atoms with Crippen LogP contribution in [0.25, 0.3) is 6.08 Å². The SMILES string of the molecule is Cc1ccc(/C=C(/CCl)C2CCCCC2)cc1Cl. The zero-order valence-corrected chi connectivity index (χ0v) is 12.4. The first-order valence-corrected chi connectivity index (χ1v) is 7.64. The van der Waals surface area contributed by atoms with E-state index in [1.165, 1.54) is 43.2 Å². The Bertz CT molecular complexity index is 429. The van der Waals surface area contributed by atoms with Crippen LogP contribution >= 0.6 is 23.2 Å². The van der Waals surface area contributed by atoms with Crippen molar-refractivity contribution in [2.45, 2.75) is 39.0 Å². The van der Waals surface area contributed by atoms with Gasteiger partial charge >= 0.3 is 0 Å². The number of rotatable bonds is 3. The van der Waals surface area contributed by atoms with E-state index in [4.69, 9.17) is 23.2 Å². The van der Waals surface area contributed by atoms with Gasteiger partial charge in [-0.2, -0.15) is 0 Å². The Balaban J connectivity index is 2.19. The number of benzene rings is 1. The molecule has 1 aliphatic rings. The average Bonchev–Trinajstić information content (AvgIpc) is 2.41. The van der Waals surface area contributed by atoms with Crippen molar-refractivity contribution in [2.75, 3.05) is 5.88 Å². The fourth-order valence-electron chi connectivity index (χ4n) is 2.65. The molecule has 0 amide bonds. The van der Waals surface area contributed by atoms with Gasteiger partial charge in [0.1, 0.15) is 0 Å². The predicted octanol–water partition coefficient (Wildman–Crippen LogP) is 5.85. The third-order valence-electron chi connectivity index (χ3n) is 3.83. The van der Waals surface area contributed by atoms with Crippen molar-refractivity contribution in [1.29, 1.82) is 0 Å².